The highest BCUT2D eigenvalue weighted by Gasteiger charge is 2.30. The van der Waals surface area contributed by atoms with Crippen molar-refractivity contribution in [3.05, 3.63) is 0 Å². The van der Waals surface area contributed by atoms with Crippen molar-refractivity contribution < 1.29 is 4.80 Å². The summed E-state index contributed by atoms with van der Waals surface area (Å²) in [6.07, 6.45) is 11.4. The van der Waals surface area contributed by atoms with Crippen LogP contribution in [0.4, 0.5) is 0 Å². The molecule has 0 fully saturated rings. The molecule has 2 heteroatoms. The van der Waals surface area contributed by atoms with Gasteiger partial charge in [0.25, 0.3) is 0 Å². The van der Waals surface area contributed by atoms with Crippen molar-refractivity contribution >= 4 is 8.32 Å². The first-order chi connectivity index (χ1) is 11.6. The summed E-state index contributed by atoms with van der Waals surface area (Å²) in [5, 5.41) is 0. The van der Waals surface area contributed by atoms with Gasteiger partial charge < -0.3 is 4.80 Å². The zero-order chi connectivity index (χ0) is 20.5. The van der Waals surface area contributed by atoms with Gasteiger partial charge in [0, 0.05) is 0 Å². The van der Waals surface area contributed by atoms with Crippen LogP contribution in [0.3, 0.4) is 0 Å². The van der Waals surface area contributed by atoms with Crippen molar-refractivity contribution in [3.8, 4) is 0 Å². The van der Waals surface area contributed by atoms with Crippen molar-refractivity contribution in [1.82, 2.24) is 0 Å². The minimum atomic E-state index is -2.04. The molecule has 0 saturated carbocycles. The Balaban J connectivity index is 4.40. The highest BCUT2D eigenvalue weighted by molar-refractivity contribution is 6.72. The van der Waals surface area contributed by atoms with Gasteiger partial charge in [-0.15, -0.1) is 0 Å². The first-order valence-corrected chi connectivity index (χ1v) is 13.9. The molecule has 0 bridgehead atoms. The van der Waals surface area contributed by atoms with Crippen molar-refractivity contribution in [3.63, 3.8) is 0 Å². The van der Waals surface area contributed by atoms with Gasteiger partial charge in [-0.2, -0.15) is 0 Å². The van der Waals surface area contributed by atoms with Crippen LogP contribution in [0.25, 0.3) is 0 Å². The molecule has 0 unspecified atom stereocenters. The van der Waals surface area contributed by atoms with E-state index in [-0.39, 0.29) is 0 Å². The third-order valence-corrected chi connectivity index (χ3v) is 9.31. The summed E-state index contributed by atoms with van der Waals surface area (Å²) in [6, 6.07) is 3.40. The van der Waals surface area contributed by atoms with Gasteiger partial charge in [0.15, 0.2) is 8.32 Å². The third-order valence-electron chi connectivity index (χ3n) is 5.46. The van der Waals surface area contributed by atoms with E-state index in [1.165, 1.54) is 57.8 Å². The maximum Gasteiger partial charge on any atom is 0.188 e. The fraction of sp³-hybridized carbons (Fsp3) is 1.00. The van der Waals surface area contributed by atoms with Crippen LogP contribution in [-0.2, 0) is 0 Å². The summed E-state index contributed by atoms with van der Waals surface area (Å²) in [4.78, 5) is 11.4. The van der Waals surface area contributed by atoms with Gasteiger partial charge in [0.05, 0.1) is 0 Å². The van der Waals surface area contributed by atoms with Crippen molar-refractivity contribution in [2.45, 2.75) is 138 Å². The number of unbranched alkanes of at least 4 members (excludes halogenated alkanes) is 3. The second-order valence-corrected chi connectivity index (χ2v) is 16.5. The molecular weight excluding hydrogens is 332 g/mol. The van der Waals surface area contributed by atoms with Gasteiger partial charge in [-0.25, -0.2) is 0 Å². The summed E-state index contributed by atoms with van der Waals surface area (Å²) in [7, 11) is -2.04. The van der Waals surface area contributed by atoms with Crippen molar-refractivity contribution in [2.24, 2.45) is 16.2 Å². The molecule has 0 atom stereocenters. The molecule has 0 rings (SSSR count). The van der Waals surface area contributed by atoms with Crippen molar-refractivity contribution in [2.75, 3.05) is 0 Å². The van der Waals surface area contributed by atoms with Crippen molar-refractivity contribution in [1.29, 1.82) is 0 Å². The largest absolute Gasteiger partial charge is 0.432 e. The molecule has 0 radical (unpaired) electrons. The van der Waals surface area contributed by atoms with Crippen LogP contribution in [0.1, 0.15) is 120 Å². The molecule has 0 aliphatic heterocycles. The Morgan fingerprint density at radius 2 is 0.692 bits per heavy atom. The number of rotatable bonds is 12. The Labute approximate surface area is 167 Å². The zero-order valence-electron chi connectivity index (χ0n) is 19.9. The quantitative estimate of drug-likeness (QED) is 0.264. The molecule has 158 valence electrons. The molecule has 0 amide bonds. The summed E-state index contributed by atoms with van der Waals surface area (Å²) < 4.78 is 0. The Morgan fingerprint density at radius 3 is 0.885 bits per heavy atom. The minimum absolute atomic E-state index is 0.430. The predicted octanol–water partition coefficient (Wildman–Crippen LogP) is 8.57. The van der Waals surface area contributed by atoms with E-state index >= 15 is 0 Å². The number of hydrogen-bond acceptors (Lipinski definition) is 1. The molecule has 1 N–H and O–H groups in total. The first kappa shape index (κ1) is 26.2. The van der Waals surface area contributed by atoms with E-state index in [0.717, 1.165) is 18.1 Å². The molecule has 0 saturated heterocycles. The van der Waals surface area contributed by atoms with E-state index < -0.39 is 8.32 Å². The van der Waals surface area contributed by atoms with Gasteiger partial charge >= 0.3 is 0 Å². The normalized spacial score (nSPS) is 14.1. The van der Waals surface area contributed by atoms with Gasteiger partial charge in [0.1, 0.15) is 0 Å². The SMILES string of the molecule is CC(C)(C)CCCC[Si](O)(CCCCC(C)(C)C)CCCCC(C)(C)C. The minimum Gasteiger partial charge on any atom is -0.432 e. The van der Waals surface area contributed by atoms with E-state index in [4.69, 9.17) is 0 Å². The van der Waals surface area contributed by atoms with Crippen LogP contribution in [0.2, 0.25) is 18.1 Å². The van der Waals surface area contributed by atoms with Gasteiger partial charge in [-0.05, 0) is 53.6 Å². The molecule has 26 heavy (non-hydrogen) atoms. The maximum absolute atomic E-state index is 11.4. The molecule has 0 aromatic heterocycles. The second kappa shape index (κ2) is 11.2. The predicted molar refractivity (Wildman–Crippen MR) is 122 cm³/mol. The molecule has 0 aromatic carbocycles. The Kier molecular flexibility index (Phi) is 11.3. The van der Waals surface area contributed by atoms with E-state index in [2.05, 4.69) is 62.3 Å². The first-order valence-electron chi connectivity index (χ1n) is 11.3. The Bertz CT molecular complexity index is 299. The lowest BCUT2D eigenvalue weighted by molar-refractivity contribution is 0.355. The lowest BCUT2D eigenvalue weighted by Crippen LogP contribution is -2.34. The van der Waals surface area contributed by atoms with Crippen LogP contribution in [0, 0.1) is 16.2 Å². The van der Waals surface area contributed by atoms with Crippen LogP contribution >= 0.6 is 0 Å². The van der Waals surface area contributed by atoms with Crippen LogP contribution in [0.5, 0.6) is 0 Å². The van der Waals surface area contributed by atoms with E-state index in [1.54, 1.807) is 0 Å². The highest BCUT2D eigenvalue weighted by atomic mass is 28.4. The average Bonchev–Trinajstić information content (AvgIpc) is 2.42. The van der Waals surface area contributed by atoms with Gasteiger partial charge in [0.2, 0.25) is 0 Å². The molecule has 0 aliphatic rings. The highest BCUT2D eigenvalue weighted by Crippen LogP contribution is 2.31. The summed E-state index contributed by atoms with van der Waals surface area (Å²) in [5.41, 5.74) is 1.29. The lowest BCUT2D eigenvalue weighted by atomic mass is 9.90. The van der Waals surface area contributed by atoms with Gasteiger partial charge in [-0.3, -0.25) is 0 Å². The maximum atomic E-state index is 11.4. The smallest absolute Gasteiger partial charge is 0.188 e. The van der Waals surface area contributed by atoms with Crippen LogP contribution < -0.4 is 0 Å². The average molecular weight is 385 g/mol. The standard InChI is InChI=1S/C24H52OSi/c1-22(2,3)16-10-13-19-26(25,20-14-11-17-23(4,5)6)21-15-12-18-24(7,8)9/h25H,10-21H2,1-9H3. The lowest BCUT2D eigenvalue weighted by Gasteiger charge is -2.28. The molecule has 0 spiro atoms. The van der Waals surface area contributed by atoms with E-state index in [9.17, 15) is 4.80 Å². The molecule has 0 aliphatic carbocycles. The van der Waals surface area contributed by atoms with Gasteiger partial charge in [-0.1, -0.05) is 101 Å². The van der Waals surface area contributed by atoms with Crippen LogP contribution in [-0.4, -0.2) is 13.1 Å². The fourth-order valence-electron chi connectivity index (χ4n) is 3.70. The Morgan fingerprint density at radius 1 is 0.462 bits per heavy atom. The molecule has 0 aromatic rings. The van der Waals surface area contributed by atoms with Crippen LogP contribution in [0.15, 0.2) is 0 Å². The Hall–Kier alpha value is 0.177. The fourth-order valence-corrected chi connectivity index (χ4v) is 7.18. The number of hydrogen-bond donors (Lipinski definition) is 1. The summed E-state index contributed by atoms with van der Waals surface area (Å²) in [5.74, 6) is 0. The summed E-state index contributed by atoms with van der Waals surface area (Å²) >= 11 is 0. The topological polar surface area (TPSA) is 20.2 Å². The van der Waals surface area contributed by atoms with E-state index in [0.29, 0.717) is 16.2 Å². The third kappa shape index (κ3) is 17.6. The second-order valence-electron chi connectivity index (χ2n) is 12.5. The monoisotopic (exact) mass is 384 g/mol. The van der Waals surface area contributed by atoms with E-state index in [1.807, 2.05) is 0 Å². The zero-order valence-corrected chi connectivity index (χ0v) is 20.9. The molecule has 1 nitrogen and oxygen atoms in total. The summed E-state index contributed by atoms with van der Waals surface area (Å²) in [6.45, 7) is 21.0. The molecular formula is C24H52OSi. The molecule has 0 heterocycles.